The summed E-state index contributed by atoms with van der Waals surface area (Å²) in [5.41, 5.74) is 12.1. The molecule has 1 saturated heterocycles. The van der Waals surface area contributed by atoms with Crippen LogP contribution in [0.3, 0.4) is 0 Å². The van der Waals surface area contributed by atoms with Crippen LogP contribution < -0.4 is 20.8 Å². The number of guanidine groups is 1. The monoisotopic (exact) mass is 380 g/mol. The number of nitrogens with zero attached hydrogens (tertiary/aromatic N) is 4. The zero-order valence-electron chi connectivity index (χ0n) is 15.5. The number of methoxy groups -OCH3 is 1. The smallest absolute Gasteiger partial charge is 0.217 e. The zero-order valence-corrected chi connectivity index (χ0v) is 15.5. The number of hydrogen-bond acceptors (Lipinski definition) is 7. The molecule has 3 heterocycles. The third-order valence-electron chi connectivity index (χ3n) is 5.49. The Labute approximate surface area is 162 Å². The van der Waals surface area contributed by atoms with Crippen molar-refractivity contribution < 1.29 is 9.13 Å². The number of halogens is 1. The van der Waals surface area contributed by atoms with Gasteiger partial charge in [-0.2, -0.15) is 0 Å². The van der Waals surface area contributed by atoms with E-state index in [0.717, 1.165) is 36.6 Å². The molecule has 28 heavy (non-hydrogen) atoms. The molecule has 0 saturated carbocycles. The van der Waals surface area contributed by atoms with Gasteiger partial charge in [-0.25, -0.2) is 24.8 Å². The van der Waals surface area contributed by atoms with Gasteiger partial charge in [0, 0.05) is 30.3 Å². The Bertz CT molecular complexity index is 990. The first-order valence-corrected chi connectivity index (χ1v) is 9.30. The summed E-state index contributed by atoms with van der Waals surface area (Å²) in [6.45, 7) is 1.67. The minimum atomic E-state index is -0.216. The molecule has 7 nitrogen and oxygen atoms in total. The molecule has 2 aromatic rings. The van der Waals surface area contributed by atoms with Gasteiger partial charge in [0.1, 0.15) is 23.4 Å². The second kappa shape index (κ2) is 6.49. The van der Waals surface area contributed by atoms with E-state index < -0.39 is 0 Å². The first kappa shape index (κ1) is 17.0. The van der Waals surface area contributed by atoms with Crippen molar-refractivity contribution in [3.63, 3.8) is 0 Å². The number of ether oxygens (including phenoxy) is 1. The van der Waals surface area contributed by atoms with Crippen LogP contribution in [0.5, 0.6) is 5.75 Å². The van der Waals surface area contributed by atoms with Crippen molar-refractivity contribution >= 4 is 23.2 Å². The van der Waals surface area contributed by atoms with Gasteiger partial charge in [0.05, 0.1) is 7.11 Å². The summed E-state index contributed by atoms with van der Waals surface area (Å²) in [5, 5.41) is 1.75. The zero-order chi connectivity index (χ0) is 19.3. The average molecular weight is 380 g/mol. The molecule has 0 bridgehead atoms. The highest BCUT2D eigenvalue weighted by molar-refractivity contribution is 6.15. The summed E-state index contributed by atoms with van der Waals surface area (Å²) in [7, 11) is 1.62. The van der Waals surface area contributed by atoms with E-state index in [1.807, 2.05) is 24.3 Å². The Morgan fingerprint density at radius 2 is 2.11 bits per heavy atom. The molecule has 5 rings (SSSR count). The van der Waals surface area contributed by atoms with Crippen molar-refractivity contribution in [2.24, 2.45) is 21.6 Å². The van der Waals surface area contributed by atoms with E-state index in [9.17, 15) is 4.39 Å². The third kappa shape index (κ3) is 2.68. The Kier molecular flexibility index (Phi) is 3.94. The number of para-hydroxylation sites is 1. The van der Waals surface area contributed by atoms with Crippen LogP contribution in [-0.4, -0.2) is 43.2 Å². The Hall–Kier alpha value is -3.13. The minimum Gasteiger partial charge on any atom is -0.494 e. The number of nitrogens with one attached hydrogen (secondary N) is 1. The number of benzene rings is 2. The maximum Gasteiger partial charge on any atom is 0.217 e. The quantitative estimate of drug-likeness (QED) is 0.854. The highest BCUT2D eigenvalue weighted by Gasteiger charge is 2.39. The van der Waals surface area contributed by atoms with Crippen molar-refractivity contribution in [1.29, 1.82) is 0 Å². The van der Waals surface area contributed by atoms with E-state index in [4.69, 9.17) is 15.5 Å². The molecule has 144 valence electrons. The first-order chi connectivity index (χ1) is 13.6. The van der Waals surface area contributed by atoms with Gasteiger partial charge in [0.15, 0.2) is 5.84 Å². The largest absolute Gasteiger partial charge is 0.494 e. The van der Waals surface area contributed by atoms with Crippen molar-refractivity contribution in [3.8, 4) is 5.75 Å². The van der Waals surface area contributed by atoms with Crippen LogP contribution in [0.2, 0.25) is 0 Å². The molecular weight excluding hydrogens is 359 g/mol. The maximum absolute atomic E-state index is 13.6. The molecule has 0 aromatic heterocycles. The second-order valence-corrected chi connectivity index (χ2v) is 7.16. The SMILES string of the molecule is COc1cccc2c1N=C(N)N1NC(C3CCN(c4cccc(F)c4)C3)N=C21. The third-order valence-corrected chi connectivity index (χ3v) is 5.49. The summed E-state index contributed by atoms with van der Waals surface area (Å²) in [5.74, 6) is 1.84. The molecule has 3 N–H and O–H groups in total. The van der Waals surface area contributed by atoms with E-state index in [-0.39, 0.29) is 17.9 Å². The van der Waals surface area contributed by atoms with Gasteiger partial charge in [-0.3, -0.25) is 0 Å². The van der Waals surface area contributed by atoms with Crippen LogP contribution in [0.4, 0.5) is 15.8 Å². The second-order valence-electron chi connectivity index (χ2n) is 7.16. The molecule has 8 heteroatoms. The summed E-state index contributed by atoms with van der Waals surface area (Å²) >= 11 is 0. The van der Waals surface area contributed by atoms with Crippen LogP contribution in [0.1, 0.15) is 12.0 Å². The predicted octanol–water partition coefficient (Wildman–Crippen LogP) is 2.21. The van der Waals surface area contributed by atoms with Crippen molar-refractivity contribution in [2.75, 3.05) is 25.1 Å². The fourth-order valence-corrected chi connectivity index (χ4v) is 4.09. The first-order valence-electron chi connectivity index (χ1n) is 9.30. The van der Waals surface area contributed by atoms with Gasteiger partial charge >= 0.3 is 0 Å². The van der Waals surface area contributed by atoms with Gasteiger partial charge in [0.2, 0.25) is 5.96 Å². The van der Waals surface area contributed by atoms with E-state index in [2.05, 4.69) is 15.3 Å². The summed E-state index contributed by atoms with van der Waals surface area (Å²) in [6.07, 6.45) is 0.848. The van der Waals surface area contributed by atoms with Gasteiger partial charge in [-0.15, -0.1) is 0 Å². The van der Waals surface area contributed by atoms with E-state index in [1.165, 1.54) is 6.07 Å². The minimum absolute atomic E-state index is 0.112. The maximum atomic E-state index is 13.6. The number of fused-ring (bicyclic) bond motifs is 3. The topological polar surface area (TPSA) is 78.5 Å². The fraction of sp³-hybridized carbons (Fsp3) is 0.300. The number of hydrogen-bond donors (Lipinski definition) is 2. The van der Waals surface area contributed by atoms with Gasteiger partial charge in [0.25, 0.3) is 0 Å². The van der Waals surface area contributed by atoms with Crippen LogP contribution >= 0.6 is 0 Å². The van der Waals surface area contributed by atoms with Crippen LogP contribution in [-0.2, 0) is 0 Å². The molecule has 2 atom stereocenters. The summed E-state index contributed by atoms with van der Waals surface area (Å²) in [6, 6.07) is 12.5. The normalized spacial score (nSPS) is 23.2. The lowest BCUT2D eigenvalue weighted by Gasteiger charge is -2.26. The lowest BCUT2D eigenvalue weighted by molar-refractivity contribution is 0.327. The van der Waals surface area contributed by atoms with Crippen molar-refractivity contribution in [3.05, 3.63) is 53.8 Å². The van der Waals surface area contributed by atoms with Gasteiger partial charge in [-0.1, -0.05) is 12.1 Å². The average Bonchev–Trinajstić information content (AvgIpc) is 3.35. The molecule has 0 aliphatic carbocycles. The number of anilines is 1. The van der Waals surface area contributed by atoms with Gasteiger partial charge < -0.3 is 15.4 Å². The molecule has 2 aromatic carbocycles. The Balaban J connectivity index is 1.41. The Morgan fingerprint density at radius 3 is 2.93 bits per heavy atom. The van der Waals surface area contributed by atoms with E-state index >= 15 is 0 Å². The number of rotatable bonds is 3. The fourth-order valence-electron chi connectivity index (χ4n) is 4.09. The van der Waals surface area contributed by atoms with Crippen LogP contribution in [0, 0.1) is 11.7 Å². The van der Waals surface area contributed by atoms with Gasteiger partial charge in [-0.05, 0) is 36.8 Å². The lowest BCUT2D eigenvalue weighted by atomic mass is 10.1. The molecule has 3 aliphatic rings. The summed E-state index contributed by atoms with van der Waals surface area (Å²) in [4.78, 5) is 11.6. The van der Waals surface area contributed by atoms with E-state index in [1.54, 1.807) is 24.3 Å². The highest BCUT2D eigenvalue weighted by atomic mass is 19.1. The molecule has 3 aliphatic heterocycles. The van der Waals surface area contributed by atoms with Crippen LogP contribution in [0.25, 0.3) is 0 Å². The number of amidine groups is 1. The molecule has 2 unspecified atom stereocenters. The highest BCUT2D eigenvalue weighted by Crippen LogP contribution is 2.37. The predicted molar refractivity (Wildman–Crippen MR) is 106 cm³/mol. The molecule has 0 amide bonds. The molecule has 0 spiro atoms. The Morgan fingerprint density at radius 1 is 1.25 bits per heavy atom. The number of nitrogens with two attached hydrogens (primary N) is 1. The molecular formula is C20H21FN6O. The lowest BCUT2D eigenvalue weighted by Crippen LogP contribution is -2.51. The molecule has 1 fully saturated rings. The van der Waals surface area contributed by atoms with Crippen molar-refractivity contribution in [2.45, 2.75) is 12.6 Å². The van der Waals surface area contributed by atoms with E-state index in [0.29, 0.717) is 17.4 Å². The summed E-state index contributed by atoms with van der Waals surface area (Å²) < 4.78 is 19.0. The number of aliphatic imine (C=N–C) groups is 2. The molecule has 0 radical (unpaired) electrons. The standard InChI is InChI=1S/C20H21FN6O/c1-28-16-7-3-6-15-17(16)23-20(22)27-19(15)24-18(25-27)12-8-9-26(11-12)14-5-2-4-13(21)10-14/h2-7,10,12,18,25H,8-9,11H2,1H3,(H2,22,23). The number of hydrazine groups is 1. The van der Waals surface area contributed by atoms with Crippen LogP contribution in [0.15, 0.2) is 52.4 Å². The van der Waals surface area contributed by atoms with Crippen molar-refractivity contribution in [1.82, 2.24) is 10.4 Å².